The second-order valence-electron chi connectivity index (χ2n) is 4.37. The second-order valence-corrected chi connectivity index (χ2v) is 4.37. The summed E-state index contributed by atoms with van der Waals surface area (Å²) in [6.45, 7) is 0.626. The molecule has 2 fully saturated rings. The van der Waals surface area contributed by atoms with E-state index in [-0.39, 0.29) is 24.1 Å². The lowest BCUT2D eigenvalue weighted by molar-refractivity contribution is -0.149. The molecule has 0 bridgehead atoms. The van der Waals surface area contributed by atoms with Crippen LogP contribution in [0, 0.1) is 0 Å². The van der Waals surface area contributed by atoms with Crippen LogP contribution in [0.4, 0.5) is 0 Å². The van der Waals surface area contributed by atoms with Crippen molar-refractivity contribution in [3.05, 3.63) is 0 Å². The van der Waals surface area contributed by atoms with Gasteiger partial charge in [0, 0.05) is 6.54 Å². The van der Waals surface area contributed by atoms with Crippen molar-refractivity contribution < 1.29 is 9.90 Å². The molecule has 1 aliphatic carbocycles. The lowest BCUT2D eigenvalue weighted by Gasteiger charge is -2.43. The van der Waals surface area contributed by atoms with Crippen LogP contribution < -0.4 is 5.73 Å². The van der Waals surface area contributed by atoms with Crippen molar-refractivity contribution in [1.82, 2.24) is 4.90 Å². The van der Waals surface area contributed by atoms with Crippen LogP contribution in [0.2, 0.25) is 0 Å². The standard InChI is InChI=1S/C10H18N2O2/c11-7-6-12(10(7)14)8-4-2-1-3-5-9(8)13/h7-9,13H,1-6,11H2. The quantitative estimate of drug-likeness (QED) is 0.455. The molecular weight excluding hydrogens is 180 g/mol. The van der Waals surface area contributed by atoms with Crippen molar-refractivity contribution in [3.8, 4) is 0 Å². The molecule has 4 heteroatoms. The maximum Gasteiger partial charge on any atom is 0.241 e. The molecule has 2 aliphatic rings. The number of rotatable bonds is 1. The zero-order chi connectivity index (χ0) is 10.1. The first-order valence-corrected chi connectivity index (χ1v) is 5.44. The van der Waals surface area contributed by atoms with E-state index in [1.54, 1.807) is 4.90 Å². The Morgan fingerprint density at radius 1 is 1.29 bits per heavy atom. The summed E-state index contributed by atoms with van der Waals surface area (Å²) < 4.78 is 0. The van der Waals surface area contributed by atoms with Crippen LogP contribution in [0.15, 0.2) is 0 Å². The maximum atomic E-state index is 11.4. The van der Waals surface area contributed by atoms with Crippen LogP contribution in [0.25, 0.3) is 0 Å². The van der Waals surface area contributed by atoms with Crippen molar-refractivity contribution in [2.75, 3.05) is 6.54 Å². The molecule has 1 aliphatic heterocycles. The van der Waals surface area contributed by atoms with E-state index in [0.29, 0.717) is 6.54 Å². The number of carbonyl (C=O) groups excluding carboxylic acids is 1. The molecule has 1 amide bonds. The molecule has 14 heavy (non-hydrogen) atoms. The molecule has 80 valence electrons. The van der Waals surface area contributed by atoms with E-state index in [9.17, 15) is 9.90 Å². The Balaban J connectivity index is 1.98. The van der Waals surface area contributed by atoms with Gasteiger partial charge in [-0.05, 0) is 12.8 Å². The summed E-state index contributed by atoms with van der Waals surface area (Å²) >= 11 is 0. The van der Waals surface area contributed by atoms with Gasteiger partial charge in [0.15, 0.2) is 0 Å². The average Bonchev–Trinajstić information content (AvgIpc) is 2.39. The highest BCUT2D eigenvalue weighted by atomic mass is 16.3. The summed E-state index contributed by atoms with van der Waals surface area (Å²) in [7, 11) is 0. The monoisotopic (exact) mass is 198 g/mol. The van der Waals surface area contributed by atoms with Gasteiger partial charge in [-0.15, -0.1) is 0 Å². The molecular formula is C10H18N2O2. The van der Waals surface area contributed by atoms with Gasteiger partial charge in [-0.1, -0.05) is 19.3 Å². The van der Waals surface area contributed by atoms with Gasteiger partial charge in [0.25, 0.3) is 0 Å². The Hall–Kier alpha value is -0.610. The minimum absolute atomic E-state index is 0.0101. The lowest BCUT2D eigenvalue weighted by atomic mass is 9.97. The number of β-lactam (4-membered cyclic amide) rings is 1. The normalized spacial score (nSPS) is 39.1. The van der Waals surface area contributed by atoms with Crippen molar-refractivity contribution >= 4 is 5.91 Å². The molecule has 3 N–H and O–H groups in total. The molecule has 0 radical (unpaired) electrons. The van der Waals surface area contributed by atoms with Crippen molar-refractivity contribution in [1.29, 1.82) is 0 Å². The molecule has 0 aromatic carbocycles. The van der Waals surface area contributed by atoms with E-state index in [0.717, 1.165) is 25.7 Å². The molecule has 0 aromatic heterocycles. The third kappa shape index (κ3) is 1.64. The van der Waals surface area contributed by atoms with Crippen molar-refractivity contribution in [2.45, 2.75) is 50.3 Å². The van der Waals surface area contributed by atoms with E-state index in [1.165, 1.54) is 6.42 Å². The largest absolute Gasteiger partial charge is 0.391 e. The smallest absolute Gasteiger partial charge is 0.241 e. The molecule has 3 atom stereocenters. The first-order valence-electron chi connectivity index (χ1n) is 5.44. The van der Waals surface area contributed by atoms with Gasteiger partial charge < -0.3 is 15.7 Å². The van der Waals surface area contributed by atoms with E-state index < -0.39 is 0 Å². The Labute approximate surface area is 84.1 Å². The van der Waals surface area contributed by atoms with E-state index >= 15 is 0 Å². The summed E-state index contributed by atoms with van der Waals surface area (Å²) in [5.41, 5.74) is 5.53. The van der Waals surface area contributed by atoms with E-state index in [1.807, 2.05) is 0 Å². The number of aliphatic hydroxyl groups is 1. The summed E-state index contributed by atoms with van der Waals surface area (Å²) in [6, 6.07) is -0.282. The second kappa shape index (κ2) is 3.87. The topological polar surface area (TPSA) is 66.6 Å². The Morgan fingerprint density at radius 3 is 2.64 bits per heavy atom. The predicted molar refractivity (Wildman–Crippen MR) is 52.6 cm³/mol. The highest BCUT2D eigenvalue weighted by molar-refractivity contribution is 5.88. The number of likely N-dealkylation sites (tertiary alicyclic amines) is 1. The average molecular weight is 198 g/mol. The maximum absolute atomic E-state index is 11.4. The zero-order valence-electron chi connectivity index (χ0n) is 8.35. The number of carbonyl (C=O) groups is 1. The molecule has 1 heterocycles. The van der Waals surface area contributed by atoms with Gasteiger partial charge in [0.1, 0.15) is 6.04 Å². The van der Waals surface area contributed by atoms with Gasteiger partial charge >= 0.3 is 0 Å². The van der Waals surface area contributed by atoms with Gasteiger partial charge in [-0.25, -0.2) is 0 Å². The number of nitrogens with zero attached hydrogens (tertiary/aromatic N) is 1. The van der Waals surface area contributed by atoms with Crippen molar-refractivity contribution in [2.24, 2.45) is 5.73 Å². The molecule has 0 spiro atoms. The van der Waals surface area contributed by atoms with Crippen molar-refractivity contribution in [3.63, 3.8) is 0 Å². The van der Waals surface area contributed by atoms with Crippen LogP contribution in [0.5, 0.6) is 0 Å². The van der Waals surface area contributed by atoms with Gasteiger partial charge in [-0.2, -0.15) is 0 Å². The third-order valence-electron chi connectivity index (χ3n) is 3.34. The molecule has 0 aromatic rings. The zero-order valence-corrected chi connectivity index (χ0v) is 8.35. The number of hydrogen-bond donors (Lipinski definition) is 2. The van der Waals surface area contributed by atoms with Crippen LogP contribution in [-0.4, -0.2) is 40.6 Å². The highest BCUT2D eigenvalue weighted by Gasteiger charge is 2.41. The number of amides is 1. The number of aliphatic hydroxyl groups excluding tert-OH is 1. The fourth-order valence-electron chi connectivity index (χ4n) is 2.41. The van der Waals surface area contributed by atoms with Crippen LogP contribution in [0.1, 0.15) is 32.1 Å². The van der Waals surface area contributed by atoms with Crippen LogP contribution in [0.3, 0.4) is 0 Å². The summed E-state index contributed by atoms with van der Waals surface area (Å²) in [6.07, 6.45) is 4.77. The number of nitrogens with two attached hydrogens (primary N) is 1. The minimum Gasteiger partial charge on any atom is -0.391 e. The Morgan fingerprint density at radius 2 is 2.00 bits per heavy atom. The van der Waals surface area contributed by atoms with E-state index in [2.05, 4.69) is 0 Å². The van der Waals surface area contributed by atoms with Crippen LogP contribution in [-0.2, 0) is 4.79 Å². The number of hydrogen-bond acceptors (Lipinski definition) is 3. The lowest BCUT2D eigenvalue weighted by Crippen LogP contribution is -2.66. The summed E-state index contributed by atoms with van der Waals surface area (Å²) in [4.78, 5) is 13.2. The third-order valence-corrected chi connectivity index (χ3v) is 3.34. The Bertz CT molecular complexity index is 232. The van der Waals surface area contributed by atoms with Gasteiger partial charge in [0.2, 0.25) is 5.91 Å². The minimum atomic E-state index is -0.339. The summed E-state index contributed by atoms with van der Waals surface area (Å²) in [5, 5.41) is 9.85. The molecule has 2 rings (SSSR count). The first kappa shape index (κ1) is 9.93. The van der Waals surface area contributed by atoms with E-state index in [4.69, 9.17) is 5.73 Å². The Kier molecular flexibility index (Phi) is 2.74. The first-order chi connectivity index (χ1) is 6.70. The van der Waals surface area contributed by atoms with Crippen LogP contribution >= 0.6 is 0 Å². The highest BCUT2D eigenvalue weighted by Crippen LogP contribution is 2.26. The SMILES string of the molecule is NC1CN(C2CCCCCC2O)C1=O. The van der Waals surface area contributed by atoms with Gasteiger partial charge in [0.05, 0.1) is 12.1 Å². The molecule has 3 unspecified atom stereocenters. The fraction of sp³-hybridized carbons (Fsp3) is 0.900. The molecule has 4 nitrogen and oxygen atoms in total. The van der Waals surface area contributed by atoms with Gasteiger partial charge in [-0.3, -0.25) is 4.79 Å². The predicted octanol–water partition coefficient (Wildman–Crippen LogP) is -0.151. The fourth-order valence-corrected chi connectivity index (χ4v) is 2.41. The molecule has 1 saturated carbocycles. The summed E-state index contributed by atoms with van der Waals surface area (Å²) in [5.74, 6) is 0.0101. The molecule has 1 saturated heterocycles.